The summed E-state index contributed by atoms with van der Waals surface area (Å²) in [6.07, 6.45) is 8.04. The maximum absolute atomic E-state index is 10.3. The monoisotopic (exact) mass is 286 g/mol. The van der Waals surface area contributed by atoms with Gasteiger partial charge in [0.15, 0.2) is 0 Å². The fraction of sp³-hybridized carbons (Fsp3) is 0.600. The topological polar surface area (TPSA) is 20.2 Å². The fourth-order valence-corrected chi connectivity index (χ4v) is 3.24. The molecule has 0 aromatic heterocycles. The highest BCUT2D eigenvalue weighted by Crippen LogP contribution is 2.34. The molecule has 2 rings (SSSR count). The third-order valence-electron chi connectivity index (χ3n) is 3.85. The Morgan fingerprint density at radius 3 is 2.44 bits per heavy atom. The van der Waals surface area contributed by atoms with E-state index in [0.29, 0.717) is 16.0 Å². The Hall–Kier alpha value is -0.240. The fourth-order valence-electron chi connectivity index (χ4n) is 2.81. The Morgan fingerprint density at radius 2 is 1.78 bits per heavy atom. The smallest absolute Gasteiger partial charge is 0.0807 e. The molecule has 0 radical (unpaired) electrons. The van der Waals surface area contributed by atoms with Crippen molar-refractivity contribution in [2.24, 2.45) is 5.92 Å². The molecule has 1 fully saturated rings. The van der Waals surface area contributed by atoms with Crippen LogP contribution in [0.15, 0.2) is 18.2 Å². The second-order valence-corrected chi connectivity index (χ2v) is 6.12. The number of hydrogen-bond acceptors (Lipinski definition) is 1. The summed E-state index contributed by atoms with van der Waals surface area (Å²) in [5, 5.41) is 11.6. The van der Waals surface area contributed by atoms with Crippen LogP contribution in [0.4, 0.5) is 0 Å². The zero-order valence-corrected chi connectivity index (χ0v) is 12.1. The molecule has 0 saturated heterocycles. The van der Waals surface area contributed by atoms with Crippen molar-refractivity contribution >= 4 is 23.2 Å². The van der Waals surface area contributed by atoms with Gasteiger partial charge in [0.05, 0.1) is 6.10 Å². The average molecular weight is 287 g/mol. The van der Waals surface area contributed by atoms with E-state index in [2.05, 4.69) is 0 Å². The maximum atomic E-state index is 10.3. The SMILES string of the molecule is OC(CC1CCCCCC1)c1cc(Cl)ccc1Cl. The summed E-state index contributed by atoms with van der Waals surface area (Å²) in [6, 6.07) is 5.30. The molecule has 1 aliphatic carbocycles. The molecule has 100 valence electrons. The molecule has 0 aliphatic heterocycles. The van der Waals surface area contributed by atoms with Crippen molar-refractivity contribution in [1.29, 1.82) is 0 Å². The molecule has 1 saturated carbocycles. The summed E-state index contributed by atoms with van der Waals surface area (Å²) >= 11 is 12.1. The van der Waals surface area contributed by atoms with Crippen molar-refractivity contribution in [3.05, 3.63) is 33.8 Å². The summed E-state index contributed by atoms with van der Waals surface area (Å²) < 4.78 is 0. The number of aliphatic hydroxyl groups excluding tert-OH is 1. The van der Waals surface area contributed by atoms with Gasteiger partial charge in [0.1, 0.15) is 0 Å². The van der Waals surface area contributed by atoms with Gasteiger partial charge in [-0.1, -0.05) is 61.7 Å². The van der Waals surface area contributed by atoms with E-state index >= 15 is 0 Å². The minimum absolute atomic E-state index is 0.487. The van der Waals surface area contributed by atoms with Crippen LogP contribution in [0.1, 0.15) is 56.6 Å². The lowest BCUT2D eigenvalue weighted by Crippen LogP contribution is -2.07. The van der Waals surface area contributed by atoms with Crippen molar-refractivity contribution in [1.82, 2.24) is 0 Å². The van der Waals surface area contributed by atoms with Crippen LogP contribution >= 0.6 is 23.2 Å². The lowest BCUT2D eigenvalue weighted by molar-refractivity contribution is 0.139. The Bertz CT molecular complexity index is 384. The Morgan fingerprint density at radius 1 is 1.11 bits per heavy atom. The van der Waals surface area contributed by atoms with Crippen LogP contribution in [0.25, 0.3) is 0 Å². The molecular formula is C15H20Cl2O. The molecule has 1 N–H and O–H groups in total. The molecule has 1 aromatic carbocycles. The Balaban J connectivity index is 2.01. The van der Waals surface area contributed by atoms with Gasteiger partial charge < -0.3 is 5.11 Å². The summed E-state index contributed by atoms with van der Waals surface area (Å²) in [5.41, 5.74) is 0.772. The molecule has 1 atom stereocenters. The first-order chi connectivity index (χ1) is 8.66. The zero-order valence-electron chi connectivity index (χ0n) is 10.5. The van der Waals surface area contributed by atoms with Gasteiger partial charge in [0, 0.05) is 15.6 Å². The van der Waals surface area contributed by atoms with Crippen molar-refractivity contribution < 1.29 is 5.11 Å². The van der Waals surface area contributed by atoms with Crippen molar-refractivity contribution in [3.8, 4) is 0 Å². The molecule has 3 heteroatoms. The molecular weight excluding hydrogens is 267 g/mol. The molecule has 1 unspecified atom stereocenters. The van der Waals surface area contributed by atoms with E-state index in [1.54, 1.807) is 18.2 Å². The first kappa shape index (κ1) is 14.2. The van der Waals surface area contributed by atoms with Gasteiger partial charge >= 0.3 is 0 Å². The molecule has 0 heterocycles. The Labute approximate surface area is 119 Å². The summed E-state index contributed by atoms with van der Waals surface area (Å²) in [7, 11) is 0. The normalized spacial score (nSPS) is 19.5. The van der Waals surface area contributed by atoms with E-state index in [-0.39, 0.29) is 0 Å². The highest BCUT2D eigenvalue weighted by molar-refractivity contribution is 6.33. The van der Waals surface area contributed by atoms with E-state index in [1.807, 2.05) is 0 Å². The molecule has 0 amide bonds. The third-order valence-corrected chi connectivity index (χ3v) is 4.43. The van der Waals surface area contributed by atoms with Crippen LogP contribution in [0.2, 0.25) is 10.0 Å². The maximum Gasteiger partial charge on any atom is 0.0807 e. The largest absolute Gasteiger partial charge is 0.388 e. The van der Waals surface area contributed by atoms with Crippen LogP contribution in [0.5, 0.6) is 0 Å². The first-order valence-corrected chi connectivity index (χ1v) is 7.55. The highest BCUT2D eigenvalue weighted by Gasteiger charge is 2.19. The molecule has 1 aliphatic rings. The minimum Gasteiger partial charge on any atom is -0.388 e. The number of aliphatic hydroxyl groups is 1. The van der Waals surface area contributed by atoms with Crippen LogP contribution in [-0.2, 0) is 0 Å². The summed E-state index contributed by atoms with van der Waals surface area (Å²) in [6.45, 7) is 0. The number of halogens is 2. The lowest BCUT2D eigenvalue weighted by Gasteiger charge is -2.19. The van der Waals surface area contributed by atoms with E-state index < -0.39 is 6.10 Å². The van der Waals surface area contributed by atoms with Gasteiger partial charge in [0.25, 0.3) is 0 Å². The van der Waals surface area contributed by atoms with Crippen LogP contribution in [-0.4, -0.2) is 5.11 Å². The quantitative estimate of drug-likeness (QED) is 0.739. The van der Waals surface area contributed by atoms with Crippen molar-refractivity contribution in [2.45, 2.75) is 51.0 Å². The second kappa shape index (κ2) is 6.79. The van der Waals surface area contributed by atoms with Gasteiger partial charge in [0.2, 0.25) is 0 Å². The second-order valence-electron chi connectivity index (χ2n) is 5.27. The first-order valence-electron chi connectivity index (χ1n) is 6.80. The van der Waals surface area contributed by atoms with Crippen molar-refractivity contribution in [2.75, 3.05) is 0 Å². The predicted octanol–water partition coefficient (Wildman–Crippen LogP) is 5.39. The minimum atomic E-state index is -0.487. The molecule has 18 heavy (non-hydrogen) atoms. The van der Waals surface area contributed by atoms with E-state index in [0.717, 1.165) is 12.0 Å². The van der Waals surface area contributed by atoms with E-state index in [4.69, 9.17) is 23.2 Å². The molecule has 1 aromatic rings. The third kappa shape index (κ3) is 3.88. The zero-order chi connectivity index (χ0) is 13.0. The van der Waals surface area contributed by atoms with Gasteiger partial charge in [-0.15, -0.1) is 0 Å². The van der Waals surface area contributed by atoms with E-state index in [1.165, 1.54) is 38.5 Å². The Kier molecular flexibility index (Phi) is 5.35. The van der Waals surface area contributed by atoms with Crippen molar-refractivity contribution in [3.63, 3.8) is 0 Å². The average Bonchev–Trinajstić information content (AvgIpc) is 2.61. The molecule has 0 spiro atoms. The van der Waals surface area contributed by atoms with Gasteiger partial charge in [-0.05, 0) is 30.5 Å². The summed E-state index contributed by atoms with van der Waals surface area (Å²) in [5.74, 6) is 0.623. The van der Waals surface area contributed by atoms with Gasteiger partial charge in [-0.2, -0.15) is 0 Å². The standard InChI is InChI=1S/C15H20Cl2O/c16-12-7-8-14(17)13(10-12)15(18)9-11-5-3-1-2-4-6-11/h7-8,10-11,15,18H,1-6,9H2. The number of hydrogen-bond donors (Lipinski definition) is 1. The van der Waals surface area contributed by atoms with Crippen LogP contribution < -0.4 is 0 Å². The van der Waals surface area contributed by atoms with Gasteiger partial charge in [-0.3, -0.25) is 0 Å². The number of benzene rings is 1. The molecule has 0 bridgehead atoms. The van der Waals surface area contributed by atoms with Crippen LogP contribution in [0.3, 0.4) is 0 Å². The van der Waals surface area contributed by atoms with Gasteiger partial charge in [-0.25, -0.2) is 0 Å². The predicted molar refractivity (Wildman–Crippen MR) is 77.2 cm³/mol. The summed E-state index contributed by atoms with van der Waals surface area (Å²) in [4.78, 5) is 0. The highest BCUT2D eigenvalue weighted by atomic mass is 35.5. The van der Waals surface area contributed by atoms with Crippen LogP contribution in [0, 0.1) is 5.92 Å². The lowest BCUT2D eigenvalue weighted by atomic mass is 9.91. The number of rotatable bonds is 3. The molecule has 1 nitrogen and oxygen atoms in total. The van der Waals surface area contributed by atoms with E-state index in [9.17, 15) is 5.11 Å².